The molecular formula is C20H18FN3OS. The van der Waals surface area contributed by atoms with E-state index in [1.165, 1.54) is 17.8 Å². The summed E-state index contributed by atoms with van der Waals surface area (Å²) in [5.41, 5.74) is 2.24. The number of rotatable bonds is 3. The second kappa shape index (κ2) is 6.68. The van der Waals surface area contributed by atoms with E-state index in [-0.39, 0.29) is 17.6 Å². The number of benzene rings is 2. The second-order valence-electron chi connectivity index (χ2n) is 6.61. The molecule has 1 atom stereocenters. The molecule has 2 aromatic carbocycles. The Balaban J connectivity index is 1.71. The Morgan fingerprint density at radius 3 is 2.65 bits per heavy atom. The predicted molar refractivity (Wildman–Crippen MR) is 103 cm³/mol. The summed E-state index contributed by atoms with van der Waals surface area (Å²) in [6.07, 6.45) is 0. The van der Waals surface area contributed by atoms with Gasteiger partial charge in [-0.15, -0.1) is 0 Å². The molecule has 0 N–H and O–H groups in total. The molecule has 0 aromatic heterocycles. The lowest BCUT2D eigenvalue weighted by Gasteiger charge is -2.25. The number of carbonyl (C=O) groups is 1. The van der Waals surface area contributed by atoms with Gasteiger partial charge in [-0.3, -0.25) is 9.79 Å². The molecule has 4 rings (SSSR count). The third kappa shape index (κ3) is 2.84. The number of fused-ring (bicyclic) bond motifs is 3. The molecule has 2 aromatic rings. The number of nitrogens with zero attached hydrogens (tertiary/aromatic N) is 3. The number of amides is 1. The van der Waals surface area contributed by atoms with E-state index in [0.29, 0.717) is 22.3 Å². The minimum absolute atomic E-state index is 0.0655. The molecule has 0 saturated heterocycles. The topological polar surface area (TPSA) is 45.0 Å². The van der Waals surface area contributed by atoms with Crippen molar-refractivity contribution in [1.82, 2.24) is 4.90 Å². The van der Waals surface area contributed by atoms with Gasteiger partial charge in [0, 0.05) is 11.3 Å². The predicted octanol–water partition coefficient (Wildman–Crippen LogP) is 4.37. The fourth-order valence-electron chi connectivity index (χ4n) is 3.06. The first-order valence-corrected chi connectivity index (χ1v) is 9.51. The van der Waals surface area contributed by atoms with Gasteiger partial charge in [-0.2, -0.15) is 0 Å². The molecule has 6 heteroatoms. The van der Waals surface area contributed by atoms with Gasteiger partial charge in [0.25, 0.3) is 5.91 Å². The Labute approximate surface area is 155 Å². The number of hydrogen-bond acceptors (Lipinski definition) is 4. The summed E-state index contributed by atoms with van der Waals surface area (Å²) in [6, 6.07) is 13.9. The number of aliphatic imine (C=N–C) groups is 2. The summed E-state index contributed by atoms with van der Waals surface area (Å²) < 4.78 is 13.9. The lowest BCUT2D eigenvalue weighted by molar-refractivity contribution is -0.125. The number of para-hydroxylation sites is 1. The van der Waals surface area contributed by atoms with Crippen LogP contribution in [0.1, 0.15) is 25.0 Å². The first kappa shape index (κ1) is 17.0. The van der Waals surface area contributed by atoms with Crippen molar-refractivity contribution in [2.45, 2.75) is 25.6 Å². The van der Waals surface area contributed by atoms with Crippen LogP contribution < -0.4 is 0 Å². The molecule has 2 heterocycles. The molecule has 1 unspecified atom stereocenters. The summed E-state index contributed by atoms with van der Waals surface area (Å²) in [4.78, 5) is 23.9. The Morgan fingerprint density at radius 1 is 1.15 bits per heavy atom. The van der Waals surface area contributed by atoms with Crippen LogP contribution in [0.5, 0.6) is 0 Å². The molecule has 0 spiro atoms. The first-order valence-electron chi connectivity index (χ1n) is 8.52. The smallest absolute Gasteiger partial charge is 0.259 e. The Morgan fingerprint density at radius 2 is 1.88 bits per heavy atom. The van der Waals surface area contributed by atoms with E-state index in [1.54, 1.807) is 23.1 Å². The van der Waals surface area contributed by atoms with Crippen molar-refractivity contribution in [3.8, 4) is 0 Å². The summed E-state index contributed by atoms with van der Waals surface area (Å²) in [5, 5.41) is 0.554. The number of carbonyl (C=O) groups excluding carboxylic acids is 1. The molecule has 2 aliphatic rings. The monoisotopic (exact) mass is 367 g/mol. The van der Waals surface area contributed by atoms with Gasteiger partial charge < -0.3 is 0 Å². The number of halogens is 1. The summed E-state index contributed by atoms with van der Waals surface area (Å²) in [5.74, 6) is 0.834. The Bertz CT molecular complexity index is 938. The minimum Gasteiger partial charge on any atom is -0.271 e. The van der Waals surface area contributed by atoms with Crippen molar-refractivity contribution in [3.05, 3.63) is 65.5 Å². The quantitative estimate of drug-likeness (QED) is 0.808. The summed E-state index contributed by atoms with van der Waals surface area (Å²) in [7, 11) is 0. The maximum absolute atomic E-state index is 13.9. The maximum Gasteiger partial charge on any atom is 0.259 e. The van der Waals surface area contributed by atoms with Crippen LogP contribution in [0.25, 0.3) is 0 Å². The molecule has 26 heavy (non-hydrogen) atoms. The van der Waals surface area contributed by atoms with Gasteiger partial charge in [-0.25, -0.2) is 14.3 Å². The van der Waals surface area contributed by atoms with Crippen LogP contribution in [0.3, 0.4) is 0 Å². The van der Waals surface area contributed by atoms with Crippen LogP contribution >= 0.6 is 11.8 Å². The van der Waals surface area contributed by atoms with Crippen LogP contribution in [0, 0.1) is 11.7 Å². The lowest BCUT2D eigenvalue weighted by atomic mass is 10.1. The summed E-state index contributed by atoms with van der Waals surface area (Å²) >= 11 is 1.36. The first-order chi connectivity index (χ1) is 12.6. The van der Waals surface area contributed by atoms with E-state index in [9.17, 15) is 9.18 Å². The van der Waals surface area contributed by atoms with E-state index >= 15 is 0 Å². The Kier molecular flexibility index (Phi) is 4.36. The van der Waals surface area contributed by atoms with Crippen LogP contribution in [-0.4, -0.2) is 27.9 Å². The van der Waals surface area contributed by atoms with Gasteiger partial charge in [0.05, 0.1) is 5.69 Å². The SMILES string of the molecule is CC(C)C1N=C2c3ccccc3N=C(SCc3ccccc3F)N2C1=O. The largest absolute Gasteiger partial charge is 0.271 e. The number of thioether (sulfide) groups is 1. The molecule has 0 radical (unpaired) electrons. The van der Waals surface area contributed by atoms with Crippen molar-refractivity contribution >= 4 is 34.4 Å². The molecule has 0 fully saturated rings. The minimum atomic E-state index is -0.407. The van der Waals surface area contributed by atoms with Crippen molar-refractivity contribution < 1.29 is 9.18 Å². The third-order valence-corrected chi connectivity index (χ3v) is 5.43. The standard InChI is InChI=1S/C20H18FN3OS/c1-12(2)17-19(25)24-18(23-17)14-8-4-6-10-16(14)22-20(24)26-11-13-7-3-5-9-15(13)21/h3-10,12,17H,11H2,1-2H3. The third-order valence-electron chi connectivity index (χ3n) is 4.44. The highest BCUT2D eigenvalue weighted by molar-refractivity contribution is 8.13. The van der Waals surface area contributed by atoms with Crippen molar-refractivity contribution in [1.29, 1.82) is 0 Å². The van der Waals surface area contributed by atoms with Crippen LogP contribution in [0.2, 0.25) is 0 Å². The van der Waals surface area contributed by atoms with E-state index in [2.05, 4.69) is 9.98 Å². The van der Waals surface area contributed by atoms with E-state index in [0.717, 1.165) is 11.3 Å². The van der Waals surface area contributed by atoms with Crippen molar-refractivity contribution in [3.63, 3.8) is 0 Å². The van der Waals surface area contributed by atoms with Gasteiger partial charge in [0.1, 0.15) is 17.7 Å². The average Bonchev–Trinajstić information content (AvgIpc) is 2.99. The van der Waals surface area contributed by atoms with E-state index in [4.69, 9.17) is 0 Å². The number of hydrogen-bond donors (Lipinski definition) is 0. The molecule has 0 aliphatic carbocycles. The van der Waals surface area contributed by atoms with Gasteiger partial charge >= 0.3 is 0 Å². The van der Waals surface area contributed by atoms with Crippen molar-refractivity contribution in [2.75, 3.05) is 0 Å². The fourth-order valence-corrected chi connectivity index (χ4v) is 4.05. The normalized spacial score (nSPS) is 18.5. The van der Waals surface area contributed by atoms with Gasteiger partial charge in [0.15, 0.2) is 5.17 Å². The van der Waals surface area contributed by atoms with Gasteiger partial charge in [-0.05, 0) is 29.7 Å². The molecule has 0 saturated carbocycles. The van der Waals surface area contributed by atoms with Gasteiger partial charge in [-0.1, -0.05) is 55.9 Å². The maximum atomic E-state index is 13.9. The Hall–Kier alpha value is -2.47. The molecule has 1 amide bonds. The second-order valence-corrected chi connectivity index (χ2v) is 7.55. The zero-order valence-electron chi connectivity index (χ0n) is 14.5. The molecule has 4 nitrogen and oxygen atoms in total. The van der Waals surface area contributed by atoms with Gasteiger partial charge in [0.2, 0.25) is 0 Å². The number of amidine groups is 2. The van der Waals surface area contributed by atoms with Crippen LogP contribution in [-0.2, 0) is 10.5 Å². The lowest BCUT2D eigenvalue weighted by Crippen LogP contribution is -2.41. The average molecular weight is 367 g/mol. The fraction of sp³-hybridized carbons (Fsp3) is 0.250. The zero-order valence-corrected chi connectivity index (χ0v) is 15.3. The molecule has 0 bridgehead atoms. The highest BCUT2D eigenvalue weighted by atomic mass is 32.2. The highest BCUT2D eigenvalue weighted by Gasteiger charge is 2.42. The van der Waals surface area contributed by atoms with Crippen LogP contribution in [0.4, 0.5) is 10.1 Å². The molecule has 132 valence electrons. The molecular weight excluding hydrogens is 349 g/mol. The zero-order chi connectivity index (χ0) is 18.3. The van der Waals surface area contributed by atoms with Crippen LogP contribution in [0.15, 0.2) is 58.5 Å². The molecule has 2 aliphatic heterocycles. The van der Waals surface area contributed by atoms with E-state index < -0.39 is 6.04 Å². The van der Waals surface area contributed by atoms with E-state index in [1.807, 2.05) is 38.1 Å². The summed E-state index contributed by atoms with van der Waals surface area (Å²) in [6.45, 7) is 3.97. The highest BCUT2D eigenvalue weighted by Crippen LogP contribution is 2.35. The van der Waals surface area contributed by atoms with Crippen molar-refractivity contribution in [2.24, 2.45) is 15.9 Å².